The maximum Gasteiger partial charge on any atom is -0.0224 e. The molecule has 0 aliphatic heterocycles. The maximum atomic E-state index is 2.22. The van der Waals surface area contributed by atoms with Gasteiger partial charge in [-0.1, -0.05) is 72.8 Å². The molecule has 0 amide bonds. The van der Waals surface area contributed by atoms with Gasteiger partial charge in [0.05, 0.1) is 0 Å². The Morgan fingerprint density at radius 3 is 1.46 bits per heavy atom. The Hall–Kier alpha value is -0.520. The molecule has 1 unspecified atom stereocenters. The highest BCUT2D eigenvalue weighted by atomic mass is 14.0. The van der Waals surface area contributed by atoms with E-state index in [1.807, 2.05) is 41.5 Å². The molecule has 0 saturated heterocycles. The molecule has 1 aliphatic carbocycles. The van der Waals surface area contributed by atoms with Crippen molar-refractivity contribution in [2.75, 3.05) is 0 Å². The van der Waals surface area contributed by atoms with Crippen LogP contribution in [0.15, 0.2) is 24.3 Å². The van der Waals surface area contributed by atoms with Crippen LogP contribution >= 0.6 is 0 Å². The molecule has 80 valence electrons. The molecule has 1 atom stereocenters. The molecule has 0 aromatic heterocycles. The van der Waals surface area contributed by atoms with Crippen LogP contribution in [0.2, 0.25) is 0 Å². The van der Waals surface area contributed by atoms with E-state index in [0.717, 1.165) is 5.92 Å². The van der Waals surface area contributed by atoms with Crippen molar-refractivity contribution in [2.45, 2.75) is 54.9 Å². The first-order valence-electron chi connectivity index (χ1n) is 5.73. The molecule has 0 heteroatoms. The molecule has 0 heterocycles. The second-order valence-electron chi connectivity index (χ2n) is 2.03. The van der Waals surface area contributed by atoms with E-state index >= 15 is 0 Å². The predicted octanol–water partition coefficient (Wildman–Crippen LogP) is 5.22. The Bertz CT molecular complexity index is 98.6. The summed E-state index contributed by atoms with van der Waals surface area (Å²) < 4.78 is 0. The summed E-state index contributed by atoms with van der Waals surface area (Å²) in [5.74, 6) is 0.769. The largest absolute Gasteiger partial charge is 0.0840 e. The van der Waals surface area contributed by atoms with Crippen LogP contribution in [-0.4, -0.2) is 0 Å². The van der Waals surface area contributed by atoms with Gasteiger partial charge in [0.2, 0.25) is 0 Å². The van der Waals surface area contributed by atoms with E-state index in [2.05, 4.69) is 31.2 Å². The number of hydrogen-bond acceptors (Lipinski definition) is 0. The van der Waals surface area contributed by atoms with Gasteiger partial charge in [0.15, 0.2) is 0 Å². The van der Waals surface area contributed by atoms with Crippen LogP contribution in [0.4, 0.5) is 0 Å². The average Bonchev–Trinajstić information content (AvgIpc) is 2.28. The molecule has 0 aromatic rings. The average molecular weight is 184 g/mol. The van der Waals surface area contributed by atoms with Crippen LogP contribution in [0.1, 0.15) is 54.9 Å². The minimum Gasteiger partial charge on any atom is -0.0840 e. The van der Waals surface area contributed by atoms with E-state index in [9.17, 15) is 0 Å². The van der Waals surface area contributed by atoms with Gasteiger partial charge < -0.3 is 0 Å². The van der Waals surface area contributed by atoms with Gasteiger partial charge in [0, 0.05) is 0 Å². The minimum absolute atomic E-state index is 0.769. The van der Waals surface area contributed by atoms with Crippen molar-refractivity contribution < 1.29 is 0 Å². The Morgan fingerprint density at radius 1 is 0.846 bits per heavy atom. The lowest BCUT2D eigenvalue weighted by molar-refractivity contribution is 0.737. The summed E-state index contributed by atoms with van der Waals surface area (Å²) in [7, 11) is 0. The van der Waals surface area contributed by atoms with Crippen molar-refractivity contribution >= 4 is 0 Å². The third kappa shape index (κ3) is 18.4. The molecular weight excluding hydrogens is 156 g/mol. The lowest BCUT2D eigenvalue weighted by Gasteiger charge is -2.02. The topological polar surface area (TPSA) is 0 Å². The molecule has 1 rings (SSSR count). The summed E-state index contributed by atoms with van der Waals surface area (Å²) in [4.78, 5) is 0. The Morgan fingerprint density at radius 2 is 1.31 bits per heavy atom. The Kier molecular flexibility index (Phi) is 31.7. The van der Waals surface area contributed by atoms with Crippen molar-refractivity contribution in [1.82, 2.24) is 0 Å². The zero-order chi connectivity index (χ0) is 11.1. The van der Waals surface area contributed by atoms with Gasteiger partial charge in [0.25, 0.3) is 0 Å². The molecular formula is C13H28. The van der Waals surface area contributed by atoms with Gasteiger partial charge in [-0.05, 0) is 12.3 Å². The van der Waals surface area contributed by atoms with Crippen molar-refractivity contribution in [3.8, 4) is 0 Å². The number of rotatable bonds is 0. The van der Waals surface area contributed by atoms with Crippen LogP contribution < -0.4 is 0 Å². The molecule has 0 bridgehead atoms. The predicted molar refractivity (Wildman–Crippen MR) is 66.1 cm³/mol. The first-order valence-corrected chi connectivity index (χ1v) is 5.73. The van der Waals surface area contributed by atoms with Crippen LogP contribution in [0.5, 0.6) is 0 Å². The Balaban J connectivity index is -0.000000144. The fourth-order valence-electron chi connectivity index (χ4n) is 0.704. The number of allylic oxidation sites excluding steroid dienone is 4. The van der Waals surface area contributed by atoms with Crippen LogP contribution in [-0.2, 0) is 0 Å². The van der Waals surface area contributed by atoms with Gasteiger partial charge in [-0.2, -0.15) is 0 Å². The van der Waals surface area contributed by atoms with Gasteiger partial charge in [-0.25, -0.2) is 0 Å². The Labute approximate surface area is 85.8 Å². The summed E-state index contributed by atoms with van der Waals surface area (Å²) in [6.45, 7) is 14.2. The summed E-state index contributed by atoms with van der Waals surface area (Å²) in [5.41, 5.74) is 0. The third-order valence-corrected chi connectivity index (χ3v) is 1.19. The lowest BCUT2D eigenvalue weighted by Crippen LogP contribution is -1.87. The van der Waals surface area contributed by atoms with E-state index in [-0.39, 0.29) is 0 Å². The fraction of sp³-hybridized carbons (Fsp3) is 0.692. The van der Waals surface area contributed by atoms with E-state index in [1.165, 1.54) is 6.42 Å². The van der Waals surface area contributed by atoms with E-state index in [1.54, 1.807) is 0 Å². The lowest BCUT2D eigenvalue weighted by atomic mass is 10.0. The van der Waals surface area contributed by atoms with Crippen molar-refractivity contribution in [3.05, 3.63) is 24.3 Å². The van der Waals surface area contributed by atoms with Crippen LogP contribution in [0.25, 0.3) is 0 Å². The highest BCUT2D eigenvalue weighted by Gasteiger charge is 1.93. The van der Waals surface area contributed by atoms with Crippen molar-refractivity contribution in [2.24, 2.45) is 5.92 Å². The van der Waals surface area contributed by atoms with Crippen molar-refractivity contribution in [3.63, 3.8) is 0 Å². The first kappa shape index (κ1) is 18.3. The molecule has 1 aliphatic rings. The SMILES string of the molecule is CC.CC.CC.CC1C=CC=CC1. The van der Waals surface area contributed by atoms with E-state index in [4.69, 9.17) is 0 Å². The van der Waals surface area contributed by atoms with Gasteiger partial charge in [-0.15, -0.1) is 0 Å². The summed E-state index contributed by atoms with van der Waals surface area (Å²) in [5, 5.41) is 0. The zero-order valence-corrected chi connectivity index (χ0v) is 10.6. The summed E-state index contributed by atoms with van der Waals surface area (Å²) in [6.07, 6.45) is 9.84. The molecule has 0 saturated carbocycles. The molecule has 0 N–H and O–H groups in total. The standard InChI is InChI=1S/C7H10.3C2H6/c1-7-5-3-2-4-6-7;3*1-2/h2-5,7H,6H2,1H3;3*1-2H3. The van der Waals surface area contributed by atoms with Crippen LogP contribution in [0.3, 0.4) is 0 Å². The molecule has 0 fully saturated rings. The fourth-order valence-corrected chi connectivity index (χ4v) is 0.704. The monoisotopic (exact) mass is 184 g/mol. The zero-order valence-electron chi connectivity index (χ0n) is 10.6. The molecule has 13 heavy (non-hydrogen) atoms. The molecule has 0 nitrogen and oxygen atoms in total. The molecule has 0 spiro atoms. The highest BCUT2D eigenvalue weighted by molar-refractivity contribution is 5.09. The van der Waals surface area contributed by atoms with E-state index in [0.29, 0.717) is 0 Å². The smallest absolute Gasteiger partial charge is 0.0224 e. The quantitative estimate of drug-likeness (QED) is 0.484. The van der Waals surface area contributed by atoms with E-state index < -0.39 is 0 Å². The second kappa shape index (κ2) is 22.5. The summed E-state index contributed by atoms with van der Waals surface area (Å²) in [6, 6.07) is 0. The molecule has 0 aromatic carbocycles. The minimum atomic E-state index is 0.769. The maximum absolute atomic E-state index is 2.22. The van der Waals surface area contributed by atoms with Crippen molar-refractivity contribution in [1.29, 1.82) is 0 Å². The molecule has 0 radical (unpaired) electrons. The van der Waals surface area contributed by atoms with Gasteiger partial charge in [-0.3, -0.25) is 0 Å². The number of hydrogen-bond donors (Lipinski definition) is 0. The highest BCUT2D eigenvalue weighted by Crippen LogP contribution is 2.08. The normalized spacial score (nSPS) is 16.7. The summed E-state index contributed by atoms with van der Waals surface area (Å²) >= 11 is 0. The second-order valence-corrected chi connectivity index (χ2v) is 2.03. The van der Waals surface area contributed by atoms with Crippen LogP contribution in [0, 0.1) is 5.92 Å². The third-order valence-electron chi connectivity index (χ3n) is 1.19. The van der Waals surface area contributed by atoms with Gasteiger partial charge >= 0.3 is 0 Å². The first-order chi connectivity index (χ1) is 6.39. The van der Waals surface area contributed by atoms with Gasteiger partial charge in [0.1, 0.15) is 0 Å².